The molecule has 3 atom stereocenters. The highest BCUT2D eigenvalue weighted by atomic mass is 16.5. The summed E-state index contributed by atoms with van der Waals surface area (Å²) < 4.78 is 6.37. The first-order chi connectivity index (χ1) is 13.1. The van der Waals surface area contributed by atoms with E-state index in [2.05, 4.69) is 22.6 Å². The van der Waals surface area contributed by atoms with Crippen LogP contribution in [0.2, 0.25) is 0 Å². The molecule has 2 aromatic rings. The summed E-state index contributed by atoms with van der Waals surface area (Å²) in [5, 5.41) is 7.32. The van der Waals surface area contributed by atoms with Crippen LogP contribution in [0, 0.1) is 17.8 Å². The number of rotatable bonds is 6. The number of hydrogen-bond acceptors (Lipinski definition) is 4. The van der Waals surface area contributed by atoms with E-state index in [1.807, 2.05) is 24.3 Å². The van der Waals surface area contributed by atoms with Gasteiger partial charge in [-0.2, -0.15) is 5.10 Å². The second kappa shape index (κ2) is 7.39. The number of aromatic nitrogens is 2. The fraction of sp³-hybridized carbons (Fsp3) is 0.381. The van der Waals surface area contributed by atoms with Gasteiger partial charge in [-0.25, -0.2) is 4.68 Å². The summed E-state index contributed by atoms with van der Waals surface area (Å²) in [4.78, 5) is 24.4. The molecule has 0 unspecified atom stereocenters. The summed E-state index contributed by atoms with van der Waals surface area (Å²) in [7, 11) is 1.61. The van der Waals surface area contributed by atoms with Crippen molar-refractivity contribution >= 4 is 5.91 Å². The number of benzene rings is 1. The van der Waals surface area contributed by atoms with Crippen molar-refractivity contribution in [2.45, 2.75) is 19.4 Å². The van der Waals surface area contributed by atoms with E-state index in [4.69, 9.17) is 4.74 Å². The Labute approximate surface area is 157 Å². The van der Waals surface area contributed by atoms with E-state index >= 15 is 0 Å². The van der Waals surface area contributed by atoms with E-state index < -0.39 is 0 Å². The average Bonchev–Trinajstić information content (AvgIpc) is 3.31. The summed E-state index contributed by atoms with van der Waals surface area (Å²) in [6.07, 6.45) is 6.92. The molecule has 0 saturated heterocycles. The summed E-state index contributed by atoms with van der Waals surface area (Å²) in [5.41, 5.74) is 1.22. The van der Waals surface area contributed by atoms with Crippen LogP contribution in [0.25, 0.3) is 11.3 Å². The van der Waals surface area contributed by atoms with Crippen molar-refractivity contribution in [2.24, 2.45) is 17.8 Å². The second-order valence-electron chi connectivity index (χ2n) is 7.29. The number of hydrogen-bond donors (Lipinski definition) is 1. The zero-order valence-corrected chi connectivity index (χ0v) is 15.3. The molecule has 1 aromatic heterocycles. The van der Waals surface area contributed by atoms with Crippen LogP contribution >= 0.6 is 0 Å². The first kappa shape index (κ1) is 17.5. The molecule has 1 aromatic carbocycles. The standard InChI is InChI=1S/C21H23N3O3/c1-27-18-6-4-15(5-7-18)19-8-9-21(26)24(23-19)13-20(25)22-12-17-11-14-2-3-16(17)10-14/h2-9,14,16-17H,10-13H2,1H3,(H,22,25)/t14-,16-,17+/m0/s1. The maximum Gasteiger partial charge on any atom is 0.267 e. The first-order valence-corrected chi connectivity index (χ1v) is 9.30. The van der Waals surface area contributed by atoms with Crippen molar-refractivity contribution < 1.29 is 9.53 Å². The molecule has 0 spiro atoms. The summed E-state index contributed by atoms with van der Waals surface area (Å²) in [6, 6.07) is 10.5. The molecule has 27 heavy (non-hydrogen) atoms. The van der Waals surface area contributed by atoms with Crippen molar-refractivity contribution in [3.8, 4) is 17.0 Å². The highest BCUT2D eigenvalue weighted by Crippen LogP contribution is 2.42. The topological polar surface area (TPSA) is 73.2 Å². The first-order valence-electron chi connectivity index (χ1n) is 9.30. The molecule has 1 heterocycles. The Morgan fingerprint density at radius 2 is 2.00 bits per heavy atom. The van der Waals surface area contributed by atoms with Gasteiger partial charge in [-0.3, -0.25) is 9.59 Å². The van der Waals surface area contributed by atoms with Gasteiger partial charge in [0, 0.05) is 18.2 Å². The van der Waals surface area contributed by atoms with Crippen LogP contribution in [0.5, 0.6) is 5.75 Å². The molecular formula is C21H23N3O3. The van der Waals surface area contributed by atoms with Crippen molar-refractivity contribution in [2.75, 3.05) is 13.7 Å². The molecule has 0 radical (unpaired) electrons. The van der Waals surface area contributed by atoms with Gasteiger partial charge >= 0.3 is 0 Å². The molecule has 140 valence electrons. The number of methoxy groups -OCH3 is 1. The Hall–Kier alpha value is -2.89. The van der Waals surface area contributed by atoms with Crippen LogP contribution in [0.4, 0.5) is 0 Å². The maximum atomic E-state index is 12.3. The van der Waals surface area contributed by atoms with E-state index in [1.165, 1.54) is 17.2 Å². The van der Waals surface area contributed by atoms with Gasteiger partial charge in [0.2, 0.25) is 5.91 Å². The average molecular weight is 365 g/mol. The number of fused-ring (bicyclic) bond motifs is 2. The predicted octanol–water partition coefficient (Wildman–Crippen LogP) is 2.25. The van der Waals surface area contributed by atoms with E-state index in [0.717, 1.165) is 17.7 Å². The van der Waals surface area contributed by atoms with E-state index in [1.54, 1.807) is 13.2 Å². The number of nitrogens with one attached hydrogen (secondary N) is 1. The minimum atomic E-state index is -0.287. The van der Waals surface area contributed by atoms with Gasteiger partial charge < -0.3 is 10.1 Å². The third-order valence-corrected chi connectivity index (χ3v) is 5.52. The molecule has 1 saturated carbocycles. The third-order valence-electron chi connectivity index (χ3n) is 5.52. The van der Waals surface area contributed by atoms with Crippen molar-refractivity contribution in [1.82, 2.24) is 15.1 Å². The molecule has 2 aliphatic carbocycles. The Morgan fingerprint density at radius 1 is 1.19 bits per heavy atom. The third kappa shape index (κ3) is 3.79. The summed E-state index contributed by atoms with van der Waals surface area (Å²) in [5.74, 6) is 2.36. The fourth-order valence-corrected chi connectivity index (χ4v) is 4.04. The zero-order valence-electron chi connectivity index (χ0n) is 15.3. The van der Waals surface area contributed by atoms with Gasteiger partial charge in [0.05, 0.1) is 12.8 Å². The summed E-state index contributed by atoms with van der Waals surface area (Å²) in [6.45, 7) is 0.594. The minimum absolute atomic E-state index is 0.0700. The Balaban J connectivity index is 1.41. The minimum Gasteiger partial charge on any atom is -0.497 e. The number of allylic oxidation sites excluding steroid dienone is 2. The maximum absolute atomic E-state index is 12.3. The van der Waals surface area contributed by atoms with E-state index in [-0.39, 0.29) is 18.0 Å². The Morgan fingerprint density at radius 3 is 2.67 bits per heavy atom. The van der Waals surface area contributed by atoms with E-state index in [0.29, 0.717) is 30.0 Å². The van der Waals surface area contributed by atoms with Crippen LogP contribution in [0.1, 0.15) is 12.8 Å². The van der Waals surface area contributed by atoms with Crippen LogP contribution in [-0.2, 0) is 11.3 Å². The van der Waals surface area contributed by atoms with Crippen LogP contribution < -0.4 is 15.6 Å². The lowest BCUT2D eigenvalue weighted by atomic mass is 9.94. The molecule has 1 fully saturated rings. The van der Waals surface area contributed by atoms with Gasteiger partial charge in [-0.05, 0) is 60.9 Å². The monoisotopic (exact) mass is 365 g/mol. The predicted molar refractivity (Wildman–Crippen MR) is 102 cm³/mol. The lowest BCUT2D eigenvalue weighted by Crippen LogP contribution is -2.36. The lowest BCUT2D eigenvalue weighted by molar-refractivity contribution is -0.122. The number of amides is 1. The molecule has 1 amide bonds. The summed E-state index contributed by atoms with van der Waals surface area (Å²) >= 11 is 0. The SMILES string of the molecule is COc1ccc(-c2ccc(=O)n(CC(=O)NC[C@H]3C[C@H]4C=C[C@H]3C4)n2)cc1. The number of nitrogens with zero attached hydrogens (tertiary/aromatic N) is 2. The molecule has 2 bridgehead atoms. The molecular weight excluding hydrogens is 342 g/mol. The second-order valence-corrected chi connectivity index (χ2v) is 7.29. The number of ether oxygens (including phenoxy) is 1. The largest absolute Gasteiger partial charge is 0.497 e. The Kier molecular flexibility index (Phi) is 4.79. The molecule has 6 nitrogen and oxygen atoms in total. The van der Waals surface area contributed by atoms with Crippen molar-refractivity contribution in [3.05, 3.63) is 58.9 Å². The quantitative estimate of drug-likeness (QED) is 0.797. The molecule has 4 rings (SSSR count). The van der Waals surface area contributed by atoms with Gasteiger partial charge in [-0.15, -0.1) is 0 Å². The van der Waals surface area contributed by atoms with Crippen molar-refractivity contribution in [3.63, 3.8) is 0 Å². The van der Waals surface area contributed by atoms with Crippen LogP contribution in [0.15, 0.2) is 53.3 Å². The van der Waals surface area contributed by atoms with Crippen LogP contribution in [-0.4, -0.2) is 29.3 Å². The molecule has 1 N–H and O–H groups in total. The molecule has 2 aliphatic rings. The molecule has 0 aliphatic heterocycles. The van der Waals surface area contributed by atoms with Gasteiger partial charge in [0.1, 0.15) is 12.3 Å². The zero-order chi connectivity index (χ0) is 18.8. The smallest absolute Gasteiger partial charge is 0.267 e. The lowest BCUT2D eigenvalue weighted by Gasteiger charge is -2.18. The van der Waals surface area contributed by atoms with E-state index in [9.17, 15) is 9.59 Å². The van der Waals surface area contributed by atoms with Gasteiger partial charge in [0.15, 0.2) is 0 Å². The fourth-order valence-electron chi connectivity index (χ4n) is 4.04. The Bertz CT molecular complexity index is 917. The van der Waals surface area contributed by atoms with Gasteiger partial charge in [-0.1, -0.05) is 12.2 Å². The molecule has 6 heteroatoms. The highest BCUT2D eigenvalue weighted by molar-refractivity contribution is 5.75. The number of carbonyl (C=O) groups excluding carboxylic acids is 1. The highest BCUT2D eigenvalue weighted by Gasteiger charge is 2.35. The number of carbonyl (C=O) groups is 1. The van der Waals surface area contributed by atoms with Gasteiger partial charge in [0.25, 0.3) is 5.56 Å². The van der Waals surface area contributed by atoms with Crippen LogP contribution in [0.3, 0.4) is 0 Å². The normalized spacial score (nSPS) is 22.8. The van der Waals surface area contributed by atoms with Crippen molar-refractivity contribution in [1.29, 1.82) is 0 Å².